The van der Waals surface area contributed by atoms with E-state index in [2.05, 4.69) is 4.98 Å². The van der Waals surface area contributed by atoms with Crippen molar-refractivity contribution in [3.8, 4) is 0 Å². The molecule has 0 radical (unpaired) electrons. The largest absolute Gasteiger partial charge is 0.478 e. The SMILES string of the molecule is O=C(O)C(=O)Nc1sc2scnc2c1C(=O)O. The fourth-order valence-electron chi connectivity index (χ4n) is 1.17. The number of hydrogen-bond acceptors (Lipinski definition) is 6. The van der Waals surface area contributed by atoms with Crippen molar-refractivity contribution < 1.29 is 24.6 Å². The summed E-state index contributed by atoms with van der Waals surface area (Å²) in [5.74, 6) is -4.21. The highest BCUT2D eigenvalue weighted by Gasteiger charge is 2.23. The minimum Gasteiger partial charge on any atom is -0.478 e. The summed E-state index contributed by atoms with van der Waals surface area (Å²) in [5.41, 5.74) is 1.56. The second kappa shape index (κ2) is 4.11. The Bertz CT molecular complexity index is 629. The van der Waals surface area contributed by atoms with Crippen LogP contribution < -0.4 is 5.32 Å². The molecule has 0 spiro atoms. The molecule has 1 amide bonds. The predicted octanol–water partition coefficient (Wildman–Crippen LogP) is 1.08. The van der Waals surface area contributed by atoms with Crippen molar-refractivity contribution in [3.05, 3.63) is 11.1 Å². The van der Waals surface area contributed by atoms with Gasteiger partial charge < -0.3 is 15.5 Å². The maximum atomic E-state index is 11.0. The molecule has 0 unspecified atom stereocenters. The molecule has 0 fully saturated rings. The topological polar surface area (TPSA) is 117 Å². The van der Waals surface area contributed by atoms with Crippen molar-refractivity contribution in [2.75, 3.05) is 5.32 Å². The number of fused-ring (bicyclic) bond motifs is 1. The normalized spacial score (nSPS) is 10.4. The smallest absolute Gasteiger partial charge is 0.394 e. The van der Waals surface area contributed by atoms with E-state index in [1.165, 1.54) is 16.8 Å². The number of carboxylic acids is 2. The van der Waals surface area contributed by atoms with E-state index in [1.807, 2.05) is 5.32 Å². The van der Waals surface area contributed by atoms with Crippen LogP contribution in [0, 0.1) is 0 Å². The van der Waals surface area contributed by atoms with E-state index in [1.54, 1.807) is 0 Å². The number of aliphatic carboxylic acids is 1. The van der Waals surface area contributed by atoms with Crippen LogP contribution in [0.15, 0.2) is 5.51 Å². The number of hydrogen-bond donors (Lipinski definition) is 3. The Morgan fingerprint density at radius 1 is 1.29 bits per heavy atom. The number of aromatic nitrogens is 1. The van der Waals surface area contributed by atoms with Gasteiger partial charge in [-0.15, -0.1) is 22.7 Å². The zero-order chi connectivity index (χ0) is 12.6. The minimum atomic E-state index is -1.67. The maximum absolute atomic E-state index is 11.0. The Balaban J connectivity index is 2.49. The Morgan fingerprint density at radius 2 is 2.00 bits per heavy atom. The first-order valence-electron chi connectivity index (χ1n) is 4.14. The van der Waals surface area contributed by atoms with Crippen LogP contribution in [0.1, 0.15) is 10.4 Å². The van der Waals surface area contributed by atoms with Crippen LogP contribution in [0.4, 0.5) is 5.00 Å². The van der Waals surface area contributed by atoms with Gasteiger partial charge in [0.2, 0.25) is 0 Å². The quantitative estimate of drug-likeness (QED) is 0.704. The second-order valence-electron chi connectivity index (χ2n) is 2.86. The van der Waals surface area contributed by atoms with E-state index in [9.17, 15) is 14.4 Å². The van der Waals surface area contributed by atoms with E-state index in [0.29, 0.717) is 4.01 Å². The van der Waals surface area contributed by atoms with E-state index in [4.69, 9.17) is 10.2 Å². The second-order valence-corrected chi connectivity index (χ2v) is 4.99. The summed E-state index contributed by atoms with van der Waals surface area (Å²) in [6.07, 6.45) is 0. The van der Waals surface area contributed by atoms with Gasteiger partial charge in [0.15, 0.2) is 0 Å². The average Bonchev–Trinajstić information content (AvgIpc) is 2.75. The van der Waals surface area contributed by atoms with E-state index >= 15 is 0 Å². The van der Waals surface area contributed by atoms with Crippen molar-refractivity contribution in [3.63, 3.8) is 0 Å². The maximum Gasteiger partial charge on any atom is 0.394 e. The number of carboxylic acid groups (broad SMARTS) is 2. The molecule has 0 aliphatic heterocycles. The summed E-state index contributed by atoms with van der Waals surface area (Å²) in [6.45, 7) is 0. The van der Waals surface area contributed by atoms with Crippen LogP contribution in [0.5, 0.6) is 0 Å². The molecule has 0 aromatic carbocycles. The molecule has 2 heterocycles. The highest BCUT2D eigenvalue weighted by atomic mass is 32.2. The number of thiazole rings is 1. The number of nitrogens with zero attached hydrogens (tertiary/aromatic N) is 1. The molecular weight excluding hydrogens is 268 g/mol. The summed E-state index contributed by atoms with van der Waals surface area (Å²) in [6, 6.07) is 0. The van der Waals surface area contributed by atoms with Crippen LogP contribution in [0.2, 0.25) is 0 Å². The first kappa shape index (κ1) is 11.5. The molecule has 0 saturated carbocycles. The number of carbonyl (C=O) groups is 3. The summed E-state index contributed by atoms with van der Waals surface area (Å²) in [7, 11) is 0. The number of anilines is 1. The number of carbonyl (C=O) groups excluding carboxylic acids is 1. The van der Waals surface area contributed by atoms with Gasteiger partial charge in [0.1, 0.15) is 20.1 Å². The number of rotatable bonds is 2. The Kier molecular flexibility index (Phi) is 2.77. The van der Waals surface area contributed by atoms with Crippen molar-refractivity contribution in [1.82, 2.24) is 4.98 Å². The highest BCUT2D eigenvalue weighted by molar-refractivity contribution is 7.39. The van der Waals surface area contributed by atoms with E-state index < -0.39 is 17.8 Å². The molecule has 7 nitrogen and oxygen atoms in total. The molecule has 9 heteroatoms. The van der Waals surface area contributed by atoms with Crippen LogP contribution in [0.25, 0.3) is 9.53 Å². The summed E-state index contributed by atoms with van der Waals surface area (Å²) in [5, 5.41) is 19.4. The molecule has 2 aromatic heterocycles. The van der Waals surface area contributed by atoms with Crippen LogP contribution in [-0.4, -0.2) is 33.0 Å². The van der Waals surface area contributed by atoms with Gasteiger partial charge in [-0.25, -0.2) is 14.6 Å². The summed E-state index contributed by atoms with van der Waals surface area (Å²) in [4.78, 5) is 36.2. The lowest BCUT2D eigenvalue weighted by atomic mass is 10.3. The summed E-state index contributed by atoms with van der Waals surface area (Å²) >= 11 is 2.21. The van der Waals surface area contributed by atoms with Crippen molar-refractivity contribution in [2.45, 2.75) is 0 Å². The molecule has 0 bridgehead atoms. The number of aromatic carboxylic acids is 1. The number of thiophene rings is 1. The molecular formula is C8H4N2O5S2. The lowest BCUT2D eigenvalue weighted by Crippen LogP contribution is -2.22. The lowest BCUT2D eigenvalue weighted by molar-refractivity contribution is -0.147. The summed E-state index contributed by atoms with van der Waals surface area (Å²) < 4.78 is 0.614. The third-order valence-electron chi connectivity index (χ3n) is 1.83. The van der Waals surface area contributed by atoms with Gasteiger partial charge in [0.05, 0.1) is 5.51 Å². The van der Waals surface area contributed by atoms with E-state index in [-0.39, 0.29) is 16.1 Å². The Morgan fingerprint density at radius 3 is 2.59 bits per heavy atom. The highest BCUT2D eigenvalue weighted by Crippen LogP contribution is 2.37. The molecule has 0 aliphatic carbocycles. The van der Waals surface area contributed by atoms with Gasteiger partial charge in [-0.3, -0.25) is 4.79 Å². The molecule has 0 saturated heterocycles. The lowest BCUT2D eigenvalue weighted by Gasteiger charge is -1.99. The molecule has 2 aromatic rings. The monoisotopic (exact) mass is 272 g/mol. The molecule has 2 rings (SSSR count). The molecule has 3 N–H and O–H groups in total. The zero-order valence-electron chi connectivity index (χ0n) is 7.96. The molecule has 88 valence electrons. The van der Waals surface area contributed by atoms with Crippen molar-refractivity contribution in [1.29, 1.82) is 0 Å². The van der Waals surface area contributed by atoms with Crippen LogP contribution in [0.3, 0.4) is 0 Å². The molecule has 0 atom stereocenters. The third-order valence-corrected chi connectivity index (χ3v) is 3.87. The van der Waals surface area contributed by atoms with Crippen LogP contribution >= 0.6 is 22.7 Å². The van der Waals surface area contributed by atoms with Gasteiger partial charge in [-0.2, -0.15) is 0 Å². The molecule has 0 aliphatic rings. The van der Waals surface area contributed by atoms with Crippen LogP contribution in [-0.2, 0) is 9.59 Å². The standard InChI is InChI=1S/C8H4N2O5S2/c11-4(7(14)15)10-5-2(6(12)13)3-8(17-5)16-1-9-3/h1H,(H,10,11)(H,12,13)(H,14,15). The first-order chi connectivity index (χ1) is 8.00. The zero-order valence-corrected chi connectivity index (χ0v) is 9.59. The Labute approximate surface area is 101 Å². The number of amides is 1. The van der Waals surface area contributed by atoms with Gasteiger partial charge in [-0.1, -0.05) is 0 Å². The van der Waals surface area contributed by atoms with Gasteiger partial charge in [0.25, 0.3) is 0 Å². The van der Waals surface area contributed by atoms with Gasteiger partial charge in [-0.05, 0) is 0 Å². The molecule has 17 heavy (non-hydrogen) atoms. The average molecular weight is 272 g/mol. The van der Waals surface area contributed by atoms with E-state index in [0.717, 1.165) is 11.3 Å². The minimum absolute atomic E-state index is 0.0146. The fraction of sp³-hybridized carbons (Fsp3) is 0. The van der Waals surface area contributed by atoms with Crippen molar-refractivity contribution >= 4 is 55.1 Å². The number of nitrogens with one attached hydrogen (secondary N) is 1. The van der Waals surface area contributed by atoms with Gasteiger partial charge >= 0.3 is 17.8 Å². The first-order valence-corrected chi connectivity index (χ1v) is 5.84. The third kappa shape index (κ3) is 1.97. The Hall–Kier alpha value is -2.00. The predicted molar refractivity (Wildman–Crippen MR) is 60.7 cm³/mol. The fourth-order valence-corrected chi connectivity index (χ4v) is 3.13. The van der Waals surface area contributed by atoms with Gasteiger partial charge in [0, 0.05) is 0 Å². The van der Waals surface area contributed by atoms with Crippen molar-refractivity contribution in [2.24, 2.45) is 0 Å².